The number of aliphatic carboxylic acids is 1. The molecule has 0 bridgehead atoms. The summed E-state index contributed by atoms with van der Waals surface area (Å²) in [7, 11) is 0. The molecule has 2 aliphatic rings. The maximum Gasteiger partial charge on any atom is 0.425 e. The number of hydrogen-bond acceptors (Lipinski definition) is 7. The molecular formula is C37H38F6N4O5S. The Labute approximate surface area is 306 Å². The average molecular weight is 765 g/mol. The smallest absolute Gasteiger partial charge is 0.425 e. The second-order valence-corrected chi connectivity index (χ2v) is 14.2. The number of carbonyl (C=O) groups is 3. The molecule has 0 unspecified atom stereocenters. The third-order valence-corrected chi connectivity index (χ3v) is 11.0. The fourth-order valence-electron chi connectivity index (χ4n) is 7.51. The van der Waals surface area contributed by atoms with Gasteiger partial charge >= 0.3 is 18.3 Å². The van der Waals surface area contributed by atoms with Gasteiger partial charge < -0.3 is 19.6 Å². The highest BCUT2D eigenvalue weighted by Crippen LogP contribution is 2.44. The first-order chi connectivity index (χ1) is 25.1. The van der Waals surface area contributed by atoms with Crippen LogP contribution in [0.5, 0.6) is 5.75 Å². The summed E-state index contributed by atoms with van der Waals surface area (Å²) in [4.78, 5) is 45.5. The third kappa shape index (κ3) is 8.30. The number of pyridine rings is 1. The van der Waals surface area contributed by atoms with Gasteiger partial charge in [0.2, 0.25) is 5.60 Å². The molecule has 0 spiro atoms. The number of aryl methyl sites for hydroxylation is 1. The molecule has 2 fully saturated rings. The molecular weight excluding hydrogens is 726 g/mol. The van der Waals surface area contributed by atoms with Crippen molar-refractivity contribution in [1.82, 2.24) is 14.8 Å². The molecule has 2 atom stereocenters. The van der Waals surface area contributed by atoms with Crippen LogP contribution in [0.4, 0.5) is 26.3 Å². The lowest BCUT2D eigenvalue weighted by molar-refractivity contribution is -0.160. The highest BCUT2D eigenvalue weighted by atomic mass is 32.1. The largest absolute Gasteiger partial charge is 0.481 e. The number of ether oxygens (including phenoxy) is 1. The molecule has 16 heteroatoms. The van der Waals surface area contributed by atoms with Crippen LogP contribution in [0.1, 0.15) is 90.3 Å². The molecule has 0 radical (unpaired) electrons. The zero-order valence-electron chi connectivity index (χ0n) is 28.8. The van der Waals surface area contributed by atoms with Crippen LogP contribution in [0.3, 0.4) is 0 Å². The SMILES string of the molecule is CCC[C@H]1N(C(=O)c2ncccc2C(F)(F)F)CCC[C@@]1(Oc1csc(C(F)(F)F)c1)C(=O)N1CCC(C#N)(c2ccccc2CCCC(=O)O)CC1. The van der Waals surface area contributed by atoms with Gasteiger partial charge in [-0.1, -0.05) is 37.6 Å². The Balaban J connectivity index is 1.52. The highest BCUT2D eigenvalue weighted by molar-refractivity contribution is 7.10. The third-order valence-electron chi connectivity index (χ3n) is 10.0. The normalized spacial score (nSPS) is 20.5. The predicted molar refractivity (Wildman–Crippen MR) is 181 cm³/mol. The molecule has 4 heterocycles. The Hall–Kier alpha value is -4.65. The number of benzene rings is 1. The topological polar surface area (TPSA) is 124 Å². The Bertz CT molecular complexity index is 1850. The van der Waals surface area contributed by atoms with Crippen LogP contribution < -0.4 is 4.74 Å². The summed E-state index contributed by atoms with van der Waals surface area (Å²) in [6.45, 7) is 1.76. The zero-order valence-corrected chi connectivity index (χ0v) is 29.6. The quantitative estimate of drug-likeness (QED) is 0.197. The van der Waals surface area contributed by atoms with Gasteiger partial charge in [-0.15, -0.1) is 11.3 Å². The van der Waals surface area contributed by atoms with Crippen molar-refractivity contribution in [3.8, 4) is 11.8 Å². The van der Waals surface area contributed by atoms with Gasteiger partial charge in [0.15, 0.2) is 0 Å². The van der Waals surface area contributed by atoms with E-state index in [1.165, 1.54) is 4.90 Å². The van der Waals surface area contributed by atoms with E-state index in [1.54, 1.807) is 19.1 Å². The monoisotopic (exact) mass is 764 g/mol. The lowest BCUT2D eigenvalue weighted by atomic mass is 9.71. The van der Waals surface area contributed by atoms with E-state index in [0.717, 1.165) is 45.8 Å². The summed E-state index contributed by atoms with van der Waals surface area (Å²) >= 11 is 0.364. The minimum Gasteiger partial charge on any atom is -0.481 e. The van der Waals surface area contributed by atoms with Crippen LogP contribution in [0.25, 0.3) is 0 Å². The molecule has 0 saturated carbocycles. The standard InChI is InChI=1S/C37H38F6N4O5S/c1-2-8-28-35(52-25-21-29(53-22-25)37(41,42)43,14-7-18-47(28)32(50)31-27(36(38,39)40)12-6-17-45-31)33(51)46-19-15-34(23-44,16-20-46)26-11-4-3-9-24(26)10-5-13-30(48)49/h3-4,6,9,11-12,17,21-22,28H,2,5,7-8,10,13-16,18-20H2,1H3,(H,48,49)/t28-,35+/m1/s1. The van der Waals surface area contributed by atoms with E-state index in [2.05, 4.69) is 11.1 Å². The first-order valence-electron chi connectivity index (χ1n) is 17.2. The maximum absolute atomic E-state index is 14.9. The van der Waals surface area contributed by atoms with Crippen molar-refractivity contribution in [2.45, 2.75) is 94.1 Å². The lowest BCUT2D eigenvalue weighted by Gasteiger charge is -2.51. The van der Waals surface area contributed by atoms with Crippen molar-refractivity contribution in [3.05, 3.63) is 81.3 Å². The van der Waals surface area contributed by atoms with Crippen molar-refractivity contribution in [1.29, 1.82) is 5.26 Å². The van der Waals surface area contributed by atoms with Crippen LogP contribution >= 0.6 is 11.3 Å². The summed E-state index contributed by atoms with van der Waals surface area (Å²) < 4.78 is 89.4. The van der Waals surface area contributed by atoms with E-state index in [4.69, 9.17) is 9.84 Å². The number of carbonyl (C=O) groups excluding carboxylic acids is 2. The maximum atomic E-state index is 14.9. The van der Waals surface area contributed by atoms with Crippen LogP contribution in [-0.4, -0.2) is 69.0 Å². The number of halogens is 6. The van der Waals surface area contributed by atoms with Crippen LogP contribution in [-0.2, 0) is 33.8 Å². The average Bonchev–Trinajstić information content (AvgIpc) is 3.61. The van der Waals surface area contributed by atoms with Crippen molar-refractivity contribution in [2.24, 2.45) is 0 Å². The minimum absolute atomic E-state index is 0.0314. The summed E-state index contributed by atoms with van der Waals surface area (Å²) in [6.07, 6.45) is -7.05. The van der Waals surface area contributed by atoms with Crippen LogP contribution in [0, 0.1) is 11.3 Å². The molecule has 284 valence electrons. The van der Waals surface area contributed by atoms with Crippen molar-refractivity contribution < 1.29 is 50.6 Å². The summed E-state index contributed by atoms with van der Waals surface area (Å²) in [6, 6.07) is 11.0. The van der Waals surface area contributed by atoms with Gasteiger partial charge in [0.05, 0.1) is 23.1 Å². The highest BCUT2D eigenvalue weighted by Gasteiger charge is 2.57. The number of amides is 2. The molecule has 1 aromatic carbocycles. The Kier molecular flexibility index (Phi) is 11.8. The number of nitriles is 1. The van der Waals surface area contributed by atoms with E-state index in [1.807, 2.05) is 12.1 Å². The first-order valence-corrected chi connectivity index (χ1v) is 18.1. The van der Waals surface area contributed by atoms with Gasteiger partial charge in [-0.2, -0.15) is 31.6 Å². The zero-order chi connectivity index (χ0) is 38.6. The molecule has 2 saturated heterocycles. The minimum atomic E-state index is -4.92. The molecule has 0 aliphatic carbocycles. The number of hydrogen-bond donors (Lipinski definition) is 1. The molecule has 3 aromatic rings. The van der Waals surface area contributed by atoms with E-state index in [9.17, 15) is 46.0 Å². The number of carboxylic acid groups (broad SMARTS) is 1. The van der Waals surface area contributed by atoms with Gasteiger partial charge in [0.1, 0.15) is 16.3 Å². The van der Waals surface area contributed by atoms with E-state index < -0.39 is 63.3 Å². The first kappa shape index (κ1) is 39.6. The number of aromatic nitrogens is 1. The molecule has 9 nitrogen and oxygen atoms in total. The number of alkyl halides is 6. The fraction of sp³-hybridized carbons (Fsp3) is 0.486. The molecule has 5 rings (SSSR count). The molecule has 2 aromatic heterocycles. The number of likely N-dealkylation sites (tertiary alicyclic amines) is 2. The van der Waals surface area contributed by atoms with Crippen molar-refractivity contribution in [2.75, 3.05) is 19.6 Å². The second-order valence-electron chi connectivity index (χ2n) is 13.3. The Morgan fingerprint density at radius 1 is 1.04 bits per heavy atom. The predicted octanol–water partition coefficient (Wildman–Crippen LogP) is 7.89. The van der Waals surface area contributed by atoms with Crippen molar-refractivity contribution >= 4 is 29.1 Å². The van der Waals surface area contributed by atoms with E-state index in [0.29, 0.717) is 30.6 Å². The number of nitrogens with zero attached hydrogens (tertiary/aromatic N) is 4. The number of piperidine rings is 2. The molecule has 2 aliphatic heterocycles. The fourth-order valence-corrected chi connectivity index (χ4v) is 8.19. The van der Waals surface area contributed by atoms with Gasteiger partial charge in [0.25, 0.3) is 11.8 Å². The summed E-state index contributed by atoms with van der Waals surface area (Å²) in [5.41, 5.74) is -3.61. The Morgan fingerprint density at radius 2 is 1.75 bits per heavy atom. The van der Waals surface area contributed by atoms with Crippen molar-refractivity contribution in [3.63, 3.8) is 0 Å². The summed E-state index contributed by atoms with van der Waals surface area (Å²) in [5.74, 6) is -2.94. The van der Waals surface area contributed by atoms with Crippen LogP contribution in [0.2, 0.25) is 0 Å². The molecule has 53 heavy (non-hydrogen) atoms. The number of thiophene rings is 1. The summed E-state index contributed by atoms with van der Waals surface area (Å²) in [5, 5.41) is 20.8. The van der Waals surface area contributed by atoms with E-state index in [-0.39, 0.29) is 63.9 Å². The molecule has 2 amide bonds. The number of carboxylic acids is 1. The van der Waals surface area contributed by atoms with Gasteiger partial charge in [-0.25, -0.2) is 0 Å². The second kappa shape index (κ2) is 15.8. The van der Waals surface area contributed by atoms with Gasteiger partial charge in [-0.3, -0.25) is 19.4 Å². The number of rotatable bonds is 11. The Morgan fingerprint density at radius 3 is 2.38 bits per heavy atom. The molecule has 1 N–H and O–H groups in total. The van der Waals surface area contributed by atoms with Gasteiger partial charge in [-0.05, 0) is 61.8 Å². The lowest BCUT2D eigenvalue weighted by Crippen LogP contribution is -2.68. The van der Waals surface area contributed by atoms with E-state index >= 15 is 0 Å². The van der Waals surface area contributed by atoms with Crippen LogP contribution in [0.15, 0.2) is 54.0 Å². The van der Waals surface area contributed by atoms with Gasteiger partial charge in [0, 0.05) is 50.1 Å².